The first kappa shape index (κ1) is 17.7. The first-order chi connectivity index (χ1) is 11.7. The quantitative estimate of drug-likeness (QED) is 0.585. The smallest absolute Gasteiger partial charge is 0.236 e. The number of hydrogen-bond acceptors (Lipinski definition) is 8. The van der Waals surface area contributed by atoms with Crippen LogP contribution in [0.2, 0.25) is 0 Å². The molecule has 0 saturated carbocycles. The molecular formula is C15H20N4O2S3. The van der Waals surface area contributed by atoms with Gasteiger partial charge in [-0.2, -0.15) is 0 Å². The van der Waals surface area contributed by atoms with Gasteiger partial charge in [0, 0.05) is 31.6 Å². The van der Waals surface area contributed by atoms with Crippen LogP contribution in [0, 0.1) is 0 Å². The predicted molar refractivity (Wildman–Crippen MR) is 99.0 cm³/mol. The summed E-state index contributed by atoms with van der Waals surface area (Å²) in [5, 5.41) is 14.1. The molecule has 130 valence electrons. The van der Waals surface area contributed by atoms with Crippen LogP contribution in [0.15, 0.2) is 15.8 Å². The fraction of sp³-hybridized carbons (Fsp3) is 0.533. The van der Waals surface area contributed by atoms with E-state index in [9.17, 15) is 4.79 Å². The van der Waals surface area contributed by atoms with E-state index in [0.29, 0.717) is 13.2 Å². The lowest BCUT2D eigenvalue weighted by molar-refractivity contribution is -0.131. The highest BCUT2D eigenvalue weighted by atomic mass is 32.2. The number of amides is 1. The summed E-state index contributed by atoms with van der Waals surface area (Å²) in [5.41, 5.74) is 1.29. The zero-order valence-corrected chi connectivity index (χ0v) is 16.1. The first-order valence-corrected chi connectivity index (χ1v) is 10.3. The third kappa shape index (κ3) is 4.27. The summed E-state index contributed by atoms with van der Waals surface area (Å²) in [6.07, 6.45) is 0.961. The van der Waals surface area contributed by atoms with Gasteiger partial charge in [-0.3, -0.25) is 4.79 Å². The summed E-state index contributed by atoms with van der Waals surface area (Å²) >= 11 is 4.73. The van der Waals surface area contributed by atoms with Crippen LogP contribution in [-0.2, 0) is 22.5 Å². The van der Waals surface area contributed by atoms with E-state index in [4.69, 9.17) is 4.74 Å². The highest BCUT2D eigenvalue weighted by Crippen LogP contribution is 2.31. The molecule has 2 aromatic rings. The highest BCUT2D eigenvalue weighted by molar-refractivity contribution is 8.02. The monoisotopic (exact) mass is 384 g/mol. The second-order valence-corrected chi connectivity index (χ2v) is 9.00. The molecule has 0 spiro atoms. The van der Waals surface area contributed by atoms with E-state index in [1.807, 2.05) is 11.8 Å². The Balaban J connectivity index is 1.53. The normalized spacial score (nSPS) is 15.2. The van der Waals surface area contributed by atoms with Crippen LogP contribution in [-0.4, -0.2) is 53.1 Å². The Kier molecular flexibility index (Phi) is 6.09. The Morgan fingerprint density at radius 2 is 2.42 bits per heavy atom. The SMILES string of the molecule is COCCNc1nnc(SC(C)C(=O)N2CCc3sccc3C2)s1. The molecule has 24 heavy (non-hydrogen) atoms. The van der Waals surface area contributed by atoms with Crippen molar-refractivity contribution in [1.29, 1.82) is 0 Å². The van der Waals surface area contributed by atoms with Crippen LogP contribution in [0.25, 0.3) is 0 Å². The summed E-state index contributed by atoms with van der Waals surface area (Å²) in [5.74, 6) is 0.168. The van der Waals surface area contributed by atoms with Gasteiger partial charge in [0.2, 0.25) is 11.0 Å². The number of methoxy groups -OCH3 is 1. The van der Waals surface area contributed by atoms with E-state index < -0.39 is 0 Å². The summed E-state index contributed by atoms with van der Waals surface area (Å²) < 4.78 is 5.80. The molecule has 1 aliphatic rings. The van der Waals surface area contributed by atoms with E-state index in [1.165, 1.54) is 33.5 Å². The summed E-state index contributed by atoms with van der Waals surface area (Å²) in [6.45, 7) is 4.78. The number of thiophene rings is 1. The van der Waals surface area contributed by atoms with Crippen molar-refractivity contribution in [2.75, 3.05) is 32.1 Å². The Hall–Kier alpha value is -1.16. The van der Waals surface area contributed by atoms with Crippen LogP contribution in [0.1, 0.15) is 17.4 Å². The topological polar surface area (TPSA) is 67.3 Å². The Bertz CT molecular complexity index is 688. The van der Waals surface area contributed by atoms with Gasteiger partial charge in [-0.25, -0.2) is 0 Å². The third-order valence-electron chi connectivity index (χ3n) is 3.73. The number of nitrogens with one attached hydrogen (secondary N) is 1. The van der Waals surface area contributed by atoms with Crippen molar-refractivity contribution in [2.45, 2.75) is 29.5 Å². The number of anilines is 1. The maximum atomic E-state index is 12.7. The molecule has 1 amide bonds. The van der Waals surface area contributed by atoms with Crippen molar-refractivity contribution >= 4 is 45.5 Å². The van der Waals surface area contributed by atoms with E-state index in [1.54, 1.807) is 18.4 Å². The highest BCUT2D eigenvalue weighted by Gasteiger charge is 2.26. The van der Waals surface area contributed by atoms with E-state index >= 15 is 0 Å². The number of aromatic nitrogens is 2. The number of thioether (sulfide) groups is 1. The predicted octanol–water partition coefficient (Wildman–Crippen LogP) is 2.72. The van der Waals surface area contributed by atoms with Crippen LogP contribution >= 0.6 is 34.4 Å². The Labute approximate surface area is 153 Å². The summed E-state index contributed by atoms with van der Waals surface area (Å²) in [7, 11) is 1.66. The van der Waals surface area contributed by atoms with Crippen LogP contribution in [0.5, 0.6) is 0 Å². The van der Waals surface area contributed by atoms with Crippen molar-refractivity contribution in [3.8, 4) is 0 Å². The maximum absolute atomic E-state index is 12.7. The van der Waals surface area contributed by atoms with Crippen molar-refractivity contribution in [3.05, 3.63) is 21.9 Å². The van der Waals surface area contributed by atoms with Crippen molar-refractivity contribution in [2.24, 2.45) is 0 Å². The number of hydrogen-bond donors (Lipinski definition) is 1. The van der Waals surface area contributed by atoms with Gasteiger partial charge in [-0.05, 0) is 30.4 Å². The fourth-order valence-electron chi connectivity index (χ4n) is 2.48. The number of fused-ring (bicyclic) bond motifs is 1. The molecular weight excluding hydrogens is 364 g/mol. The largest absolute Gasteiger partial charge is 0.383 e. The van der Waals surface area contributed by atoms with Gasteiger partial charge in [0.05, 0.1) is 11.9 Å². The van der Waals surface area contributed by atoms with Crippen molar-refractivity contribution in [3.63, 3.8) is 0 Å². The van der Waals surface area contributed by atoms with Crippen molar-refractivity contribution in [1.82, 2.24) is 15.1 Å². The second kappa shape index (κ2) is 8.28. The van der Waals surface area contributed by atoms with E-state index in [0.717, 1.165) is 29.0 Å². The number of rotatable bonds is 7. The average Bonchev–Trinajstić information content (AvgIpc) is 3.22. The van der Waals surface area contributed by atoms with Crippen LogP contribution in [0.3, 0.4) is 0 Å². The number of carbonyl (C=O) groups is 1. The minimum atomic E-state index is -0.162. The molecule has 6 nitrogen and oxygen atoms in total. The fourth-order valence-corrected chi connectivity index (χ4v) is 5.38. The minimum absolute atomic E-state index is 0.162. The standard InChI is InChI=1S/C15H20N4O2S3/c1-10(23-15-18-17-14(24-15)16-5-7-21-2)13(20)19-6-3-12-11(9-19)4-8-22-12/h4,8,10H,3,5-7,9H2,1-2H3,(H,16,17). The molecule has 1 atom stereocenters. The molecule has 1 N–H and O–H groups in total. The lowest BCUT2D eigenvalue weighted by Gasteiger charge is -2.28. The van der Waals surface area contributed by atoms with Gasteiger partial charge < -0.3 is 15.0 Å². The molecule has 1 unspecified atom stereocenters. The third-order valence-corrected chi connectivity index (χ3v) is 6.81. The molecule has 3 heterocycles. The average molecular weight is 385 g/mol. The summed E-state index contributed by atoms with van der Waals surface area (Å²) in [4.78, 5) is 16.0. The number of ether oxygens (including phenoxy) is 1. The van der Waals surface area contributed by atoms with Gasteiger partial charge in [0.25, 0.3) is 0 Å². The molecule has 1 aliphatic heterocycles. The van der Waals surface area contributed by atoms with Gasteiger partial charge in [-0.15, -0.1) is 21.5 Å². The lowest BCUT2D eigenvalue weighted by atomic mass is 10.1. The molecule has 0 aliphatic carbocycles. The van der Waals surface area contributed by atoms with Crippen molar-refractivity contribution < 1.29 is 9.53 Å². The lowest BCUT2D eigenvalue weighted by Crippen LogP contribution is -2.39. The van der Waals surface area contributed by atoms with Gasteiger partial charge in [0.1, 0.15) is 0 Å². The van der Waals surface area contributed by atoms with Gasteiger partial charge >= 0.3 is 0 Å². The molecule has 9 heteroatoms. The van der Waals surface area contributed by atoms with Crippen LogP contribution in [0.4, 0.5) is 5.13 Å². The van der Waals surface area contributed by atoms with E-state index in [-0.39, 0.29) is 11.2 Å². The summed E-state index contributed by atoms with van der Waals surface area (Å²) in [6, 6.07) is 2.12. The number of nitrogens with zero attached hydrogens (tertiary/aromatic N) is 3. The maximum Gasteiger partial charge on any atom is 0.236 e. The minimum Gasteiger partial charge on any atom is -0.383 e. The molecule has 2 aromatic heterocycles. The van der Waals surface area contributed by atoms with Crippen LogP contribution < -0.4 is 5.32 Å². The van der Waals surface area contributed by atoms with E-state index in [2.05, 4.69) is 27.0 Å². The van der Waals surface area contributed by atoms with Gasteiger partial charge in [0.15, 0.2) is 4.34 Å². The zero-order chi connectivity index (χ0) is 16.9. The molecule has 0 bridgehead atoms. The Morgan fingerprint density at radius 1 is 1.54 bits per heavy atom. The molecule has 3 rings (SSSR count). The van der Waals surface area contributed by atoms with Gasteiger partial charge in [-0.1, -0.05) is 23.1 Å². The molecule has 0 radical (unpaired) electrons. The molecule has 0 aromatic carbocycles. The molecule has 0 saturated heterocycles. The number of carbonyl (C=O) groups excluding carboxylic acids is 1. The zero-order valence-electron chi connectivity index (χ0n) is 13.7. The molecule has 0 fully saturated rings. The Morgan fingerprint density at radius 3 is 3.25 bits per heavy atom. The second-order valence-electron chi connectivity index (χ2n) is 5.43. The first-order valence-electron chi connectivity index (χ1n) is 7.74.